The molecule has 1 aliphatic heterocycles. The Bertz CT molecular complexity index is 547. The van der Waals surface area contributed by atoms with Gasteiger partial charge in [0.15, 0.2) is 5.76 Å². The molecule has 2 rings (SSSR count). The Morgan fingerprint density at radius 1 is 1.26 bits per heavy atom. The summed E-state index contributed by atoms with van der Waals surface area (Å²) in [6.45, 7) is 0. The summed E-state index contributed by atoms with van der Waals surface area (Å²) in [7, 11) is 2.73. The molecule has 1 heterocycles. The van der Waals surface area contributed by atoms with Crippen LogP contribution < -0.4 is 10.1 Å². The molecule has 0 fully saturated rings. The monoisotopic (exact) mass is 263 g/mol. The standard InChI is InChI=1S/C13H13NO5/c1-18-8-5-3-7(4-6-8)10-9(13(17)19-2)11(15)12(16)14-10/h3-6,10,15H,1-2H3,(H,14,16). The molecule has 1 aromatic carbocycles. The van der Waals surface area contributed by atoms with Crippen molar-refractivity contribution < 1.29 is 24.2 Å². The lowest BCUT2D eigenvalue weighted by molar-refractivity contribution is -0.136. The summed E-state index contributed by atoms with van der Waals surface area (Å²) in [5, 5.41) is 12.2. The van der Waals surface area contributed by atoms with Crippen LogP contribution in [0.4, 0.5) is 0 Å². The van der Waals surface area contributed by atoms with Gasteiger partial charge in [-0.3, -0.25) is 4.79 Å². The van der Waals surface area contributed by atoms with E-state index in [2.05, 4.69) is 10.1 Å². The summed E-state index contributed by atoms with van der Waals surface area (Å²) in [5.74, 6) is -1.38. The van der Waals surface area contributed by atoms with Gasteiger partial charge in [-0.2, -0.15) is 0 Å². The van der Waals surface area contributed by atoms with Gasteiger partial charge in [-0.25, -0.2) is 4.79 Å². The molecule has 0 aromatic heterocycles. The Balaban J connectivity index is 2.38. The van der Waals surface area contributed by atoms with Gasteiger partial charge in [0.05, 0.1) is 20.3 Å². The quantitative estimate of drug-likeness (QED) is 0.790. The van der Waals surface area contributed by atoms with Gasteiger partial charge in [0, 0.05) is 0 Å². The topological polar surface area (TPSA) is 84.9 Å². The van der Waals surface area contributed by atoms with Crippen LogP contribution in [0.15, 0.2) is 35.6 Å². The maximum Gasteiger partial charge on any atom is 0.340 e. The molecule has 1 unspecified atom stereocenters. The molecule has 6 heteroatoms. The summed E-state index contributed by atoms with van der Waals surface area (Å²) in [6.07, 6.45) is 0. The van der Waals surface area contributed by atoms with Gasteiger partial charge < -0.3 is 19.9 Å². The van der Waals surface area contributed by atoms with Gasteiger partial charge in [0.1, 0.15) is 11.3 Å². The fourth-order valence-corrected chi connectivity index (χ4v) is 1.90. The highest BCUT2D eigenvalue weighted by molar-refractivity contribution is 6.06. The van der Waals surface area contributed by atoms with E-state index in [-0.39, 0.29) is 5.57 Å². The second kappa shape index (κ2) is 5.01. The zero-order valence-electron chi connectivity index (χ0n) is 10.5. The van der Waals surface area contributed by atoms with Gasteiger partial charge in [0.2, 0.25) is 0 Å². The molecule has 1 aliphatic rings. The van der Waals surface area contributed by atoms with E-state index in [1.807, 2.05) is 0 Å². The van der Waals surface area contributed by atoms with Gasteiger partial charge >= 0.3 is 5.97 Å². The fourth-order valence-electron chi connectivity index (χ4n) is 1.90. The molecular weight excluding hydrogens is 250 g/mol. The molecule has 0 spiro atoms. The zero-order chi connectivity index (χ0) is 14.0. The van der Waals surface area contributed by atoms with Gasteiger partial charge in [-0.05, 0) is 17.7 Å². The highest BCUT2D eigenvalue weighted by atomic mass is 16.5. The minimum atomic E-state index is -0.739. The molecule has 0 saturated heterocycles. The molecule has 0 aliphatic carbocycles. The first kappa shape index (κ1) is 12.9. The molecule has 19 heavy (non-hydrogen) atoms. The van der Waals surface area contributed by atoms with Crippen molar-refractivity contribution in [2.45, 2.75) is 6.04 Å². The minimum Gasteiger partial charge on any atom is -0.503 e. The Hall–Kier alpha value is -2.50. The number of benzene rings is 1. The number of rotatable bonds is 3. The van der Waals surface area contributed by atoms with Crippen molar-refractivity contribution in [2.24, 2.45) is 0 Å². The lowest BCUT2D eigenvalue weighted by Crippen LogP contribution is -2.23. The number of aliphatic hydroxyl groups is 1. The van der Waals surface area contributed by atoms with Crippen LogP contribution in [0.25, 0.3) is 0 Å². The number of aliphatic hydroxyl groups excluding tert-OH is 1. The number of hydrogen-bond donors (Lipinski definition) is 2. The molecule has 0 saturated carbocycles. The summed E-state index contributed by atoms with van der Waals surface area (Å²) in [5.41, 5.74) is 0.566. The molecule has 0 bridgehead atoms. The average Bonchev–Trinajstić information content (AvgIpc) is 2.74. The van der Waals surface area contributed by atoms with E-state index in [0.29, 0.717) is 11.3 Å². The number of carbonyl (C=O) groups is 2. The SMILES string of the molecule is COC(=O)C1=C(O)C(=O)NC1c1ccc(OC)cc1. The van der Waals surface area contributed by atoms with Gasteiger partial charge in [0.25, 0.3) is 5.91 Å². The first-order valence-corrected chi connectivity index (χ1v) is 5.54. The number of amides is 1. The fraction of sp³-hybridized carbons (Fsp3) is 0.231. The minimum absolute atomic E-state index is 0.0855. The first-order chi connectivity index (χ1) is 9.08. The number of hydrogen-bond acceptors (Lipinski definition) is 5. The third kappa shape index (κ3) is 2.24. The lowest BCUT2D eigenvalue weighted by atomic mass is 10.0. The predicted molar refractivity (Wildman–Crippen MR) is 65.5 cm³/mol. The molecule has 6 nitrogen and oxygen atoms in total. The summed E-state index contributed by atoms with van der Waals surface area (Å²) < 4.78 is 9.60. The van der Waals surface area contributed by atoms with E-state index >= 15 is 0 Å². The highest BCUT2D eigenvalue weighted by Gasteiger charge is 2.37. The van der Waals surface area contributed by atoms with Crippen LogP contribution in [-0.4, -0.2) is 31.2 Å². The van der Waals surface area contributed by atoms with Crippen molar-refractivity contribution in [2.75, 3.05) is 14.2 Å². The van der Waals surface area contributed by atoms with Gasteiger partial charge in [-0.15, -0.1) is 0 Å². The van der Waals surface area contributed by atoms with E-state index in [0.717, 1.165) is 0 Å². The van der Waals surface area contributed by atoms with Crippen LogP contribution in [0.1, 0.15) is 11.6 Å². The van der Waals surface area contributed by atoms with Crippen LogP contribution in [0, 0.1) is 0 Å². The van der Waals surface area contributed by atoms with Crippen molar-refractivity contribution in [3.8, 4) is 5.75 Å². The second-order valence-corrected chi connectivity index (χ2v) is 3.93. The van der Waals surface area contributed by atoms with Crippen molar-refractivity contribution in [3.05, 3.63) is 41.2 Å². The summed E-state index contributed by atoms with van der Waals surface area (Å²) in [6, 6.07) is 6.08. The number of ether oxygens (including phenoxy) is 2. The van der Waals surface area contributed by atoms with E-state index in [4.69, 9.17) is 4.74 Å². The van der Waals surface area contributed by atoms with Crippen LogP contribution in [-0.2, 0) is 14.3 Å². The molecular formula is C13H13NO5. The Labute approximate surface area is 109 Å². The van der Waals surface area contributed by atoms with Crippen molar-refractivity contribution in [1.82, 2.24) is 5.32 Å². The van der Waals surface area contributed by atoms with E-state index in [1.165, 1.54) is 14.2 Å². The molecule has 0 radical (unpaired) electrons. The second-order valence-electron chi connectivity index (χ2n) is 3.93. The van der Waals surface area contributed by atoms with Crippen molar-refractivity contribution >= 4 is 11.9 Å². The van der Waals surface area contributed by atoms with Crippen molar-refractivity contribution in [1.29, 1.82) is 0 Å². The van der Waals surface area contributed by atoms with Crippen LogP contribution in [0.5, 0.6) is 5.75 Å². The summed E-state index contributed by atoms with van der Waals surface area (Å²) >= 11 is 0. The van der Waals surface area contributed by atoms with Crippen LogP contribution in [0.3, 0.4) is 0 Å². The number of carbonyl (C=O) groups excluding carboxylic acids is 2. The van der Waals surface area contributed by atoms with E-state index in [1.54, 1.807) is 24.3 Å². The maximum atomic E-state index is 11.6. The molecule has 1 aromatic rings. The normalized spacial score (nSPS) is 18.2. The van der Waals surface area contributed by atoms with Crippen LogP contribution >= 0.6 is 0 Å². The van der Waals surface area contributed by atoms with Crippen molar-refractivity contribution in [3.63, 3.8) is 0 Å². The molecule has 100 valence electrons. The Morgan fingerprint density at radius 3 is 2.42 bits per heavy atom. The largest absolute Gasteiger partial charge is 0.503 e. The highest BCUT2D eigenvalue weighted by Crippen LogP contribution is 2.30. The lowest BCUT2D eigenvalue weighted by Gasteiger charge is -2.14. The third-order valence-corrected chi connectivity index (χ3v) is 2.89. The first-order valence-electron chi connectivity index (χ1n) is 5.54. The number of esters is 1. The summed E-state index contributed by atoms with van der Waals surface area (Å²) in [4.78, 5) is 23.1. The number of nitrogens with one attached hydrogen (secondary N) is 1. The van der Waals surface area contributed by atoms with E-state index < -0.39 is 23.7 Å². The molecule has 1 amide bonds. The zero-order valence-corrected chi connectivity index (χ0v) is 10.5. The maximum absolute atomic E-state index is 11.6. The molecule has 1 atom stereocenters. The average molecular weight is 263 g/mol. The number of methoxy groups -OCH3 is 2. The Kier molecular flexibility index (Phi) is 3.41. The molecule has 2 N–H and O–H groups in total. The predicted octanol–water partition coefficient (Wildman–Crippen LogP) is 0.851. The Morgan fingerprint density at radius 2 is 1.89 bits per heavy atom. The van der Waals surface area contributed by atoms with Gasteiger partial charge in [-0.1, -0.05) is 12.1 Å². The van der Waals surface area contributed by atoms with E-state index in [9.17, 15) is 14.7 Å². The van der Waals surface area contributed by atoms with Crippen LogP contribution in [0.2, 0.25) is 0 Å². The smallest absolute Gasteiger partial charge is 0.340 e. The third-order valence-electron chi connectivity index (χ3n) is 2.89.